The summed E-state index contributed by atoms with van der Waals surface area (Å²) in [4.78, 5) is 6.73. The van der Waals surface area contributed by atoms with Crippen LogP contribution in [0.5, 0.6) is 0 Å². The maximum absolute atomic E-state index is 5.90. The first kappa shape index (κ1) is 12.2. The Morgan fingerprint density at radius 1 is 1.56 bits per heavy atom. The highest BCUT2D eigenvalue weighted by Crippen LogP contribution is 2.31. The zero-order chi connectivity index (χ0) is 11.5. The number of nitrogens with zero attached hydrogens (tertiary/aromatic N) is 2. The Bertz CT molecular complexity index is 366. The van der Waals surface area contributed by atoms with Crippen LogP contribution in [0.3, 0.4) is 0 Å². The molecule has 1 heterocycles. The van der Waals surface area contributed by atoms with E-state index in [1.807, 2.05) is 6.07 Å². The van der Waals surface area contributed by atoms with E-state index in [1.54, 1.807) is 6.20 Å². The van der Waals surface area contributed by atoms with E-state index in [0.29, 0.717) is 5.02 Å². The summed E-state index contributed by atoms with van der Waals surface area (Å²) in [6.07, 6.45) is 5.83. The van der Waals surface area contributed by atoms with E-state index in [-0.39, 0.29) is 0 Å². The Morgan fingerprint density at radius 3 is 2.81 bits per heavy atom. The largest absolute Gasteiger partial charge is 0.356 e. The minimum absolute atomic E-state index is 0.676. The number of pyridine rings is 1. The van der Waals surface area contributed by atoms with Gasteiger partial charge in [0.25, 0.3) is 0 Å². The minimum Gasteiger partial charge on any atom is -0.356 e. The van der Waals surface area contributed by atoms with Crippen LogP contribution in [-0.4, -0.2) is 18.1 Å². The molecule has 88 valence electrons. The van der Waals surface area contributed by atoms with E-state index in [2.05, 4.69) is 32.7 Å². The van der Waals surface area contributed by atoms with Gasteiger partial charge in [0, 0.05) is 19.3 Å². The summed E-state index contributed by atoms with van der Waals surface area (Å²) in [5, 5.41) is 0.676. The summed E-state index contributed by atoms with van der Waals surface area (Å²) in [6.45, 7) is 4.27. The lowest BCUT2D eigenvalue weighted by atomic mass is 9.85. The molecule has 2 rings (SSSR count). The third-order valence-electron chi connectivity index (χ3n) is 3.17. The molecule has 1 aromatic heterocycles. The minimum atomic E-state index is 0.676. The van der Waals surface area contributed by atoms with Crippen LogP contribution in [0.1, 0.15) is 26.2 Å². The lowest BCUT2D eigenvalue weighted by molar-refractivity contribution is 0.318. The zero-order valence-corrected chi connectivity index (χ0v) is 11.8. The van der Waals surface area contributed by atoms with Crippen molar-refractivity contribution in [1.29, 1.82) is 0 Å². The molecule has 0 unspecified atom stereocenters. The Hall–Kier alpha value is -0.280. The fourth-order valence-electron chi connectivity index (χ4n) is 1.99. The predicted molar refractivity (Wildman–Crippen MR) is 72.2 cm³/mol. The smallest absolute Gasteiger partial charge is 0.142 e. The van der Waals surface area contributed by atoms with Gasteiger partial charge in [-0.3, -0.25) is 0 Å². The summed E-state index contributed by atoms with van der Waals surface area (Å²) in [5.41, 5.74) is 0. The molecule has 1 aliphatic carbocycles. The molecule has 1 saturated carbocycles. The Morgan fingerprint density at radius 2 is 2.31 bits per heavy atom. The lowest BCUT2D eigenvalue weighted by Gasteiger charge is -2.32. The fraction of sp³-hybridized carbons (Fsp3) is 0.583. The average molecular weight is 304 g/mol. The van der Waals surface area contributed by atoms with Crippen molar-refractivity contribution in [3.05, 3.63) is 21.8 Å². The predicted octanol–water partition coefficient (Wildman–Crippen LogP) is 4.12. The second kappa shape index (κ2) is 5.37. The van der Waals surface area contributed by atoms with Gasteiger partial charge in [0.2, 0.25) is 0 Å². The molecular formula is C12H16BrClN2. The average Bonchev–Trinajstić information content (AvgIpc) is 2.18. The molecule has 0 aromatic carbocycles. The van der Waals surface area contributed by atoms with Crippen molar-refractivity contribution in [2.24, 2.45) is 5.92 Å². The molecule has 16 heavy (non-hydrogen) atoms. The number of rotatable bonds is 4. The molecule has 0 atom stereocenters. The molecule has 4 heteroatoms. The zero-order valence-electron chi connectivity index (χ0n) is 9.42. The molecule has 0 spiro atoms. The highest BCUT2D eigenvalue weighted by Gasteiger charge is 2.21. The van der Waals surface area contributed by atoms with E-state index in [9.17, 15) is 0 Å². The van der Waals surface area contributed by atoms with Crippen molar-refractivity contribution >= 4 is 33.3 Å². The van der Waals surface area contributed by atoms with E-state index in [4.69, 9.17) is 11.6 Å². The first-order valence-electron chi connectivity index (χ1n) is 5.76. The van der Waals surface area contributed by atoms with Gasteiger partial charge >= 0.3 is 0 Å². The normalized spacial score (nSPS) is 15.9. The van der Waals surface area contributed by atoms with Gasteiger partial charge in [-0.25, -0.2) is 4.98 Å². The summed E-state index contributed by atoms with van der Waals surface area (Å²) >= 11 is 9.43. The van der Waals surface area contributed by atoms with Gasteiger partial charge < -0.3 is 4.90 Å². The van der Waals surface area contributed by atoms with Gasteiger partial charge in [-0.1, -0.05) is 18.0 Å². The summed E-state index contributed by atoms with van der Waals surface area (Å²) in [7, 11) is 0. The number of hydrogen-bond acceptors (Lipinski definition) is 2. The van der Waals surface area contributed by atoms with E-state index in [1.165, 1.54) is 19.3 Å². The first-order valence-corrected chi connectivity index (χ1v) is 6.93. The van der Waals surface area contributed by atoms with Gasteiger partial charge in [-0.05, 0) is 47.7 Å². The maximum atomic E-state index is 5.90. The lowest BCUT2D eigenvalue weighted by Crippen LogP contribution is -2.33. The quantitative estimate of drug-likeness (QED) is 0.831. The van der Waals surface area contributed by atoms with Crippen molar-refractivity contribution in [3.8, 4) is 0 Å². The highest BCUT2D eigenvalue weighted by molar-refractivity contribution is 9.10. The monoisotopic (exact) mass is 302 g/mol. The van der Waals surface area contributed by atoms with Crippen LogP contribution in [0.15, 0.2) is 16.7 Å². The number of hydrogen-bond donors (Lipinski definition) is 0. The Labute approximate surface area is 110 Å². The molecule has 2 nitrogen and oxygen atoms in total. The Balaban J connectivity index is 2.11. The van der Waals surface area contributed by atoms with Crippen LogP contribution in [0.4, 0.5) is 5.82 Å². The second-order valence-corrected chi connectivity index (χ2v) is 5.59. The molecular weight excluding hydrogens is 288 g/mol. The molecule has 0 bridgehead atoms. The molecule has 0 aliphatic heterocycles. The van der Waals surface area contributed by atoms with Crippen LogP contribution < -0.4 is 4.90 Å². The molecule has 0 N–H and O–H groups in total. The number of anilines is 1. The van der Waals surface area contributed by atoms with Crippen LogP contribution in [-0.2, 0) is 0 Å². The van der Waals surface area contributed by atoms with E-state index < -0.39 is 0 Å². The SMILES string of the molecule is CCN(CC1CCC1)c1ncc(Cl)cc1Br. The molecule has 1 aromatic rings. The number of halogens is 2. The molecule has 0 amide bonds. The highest BCUT2D eigenvalue weighted by atomic mass is 79.9. The molecule has 1 fully saturated rings. The standard InChI is InChI=1S/C12H16BrClN2/c1-2-16(8-9-4-3-5-9)12-11(13)6-10(14)7-15-12/h6-7,9H,2-5,8H2,1H3. The van der Waals surface area contributed by atoms with Crippen LogP contribution in [0, 0.1) is 5.92 Å². The van der Waals surface area contributed by atoms with Gasteiger partial charge in [0.05, 0.1) is 9.50 Å². The van der Waals surface area contributed by atoms with Crippen molar-refractivity contribution in [3.63, 3.8) is 0 Å². The third kappa shape index (κ3) is 2.69. The topological polar surface area (TPSA) is 16.1 Å². The van der Waals surface area contributed by atoms with Crippen LogP contribution in [0.2, 0.25) is 5.02 Å². The van der Waals surface area contributed by atoms with Crippen molar-refractivity contribution in [2.45, 2.75) is 26.2 Å². The maximum Gasteiger partial charge on any atom is 0.142 e. The molecule has 0 radical (unpaired) electrons. The van der Waals surface area contributed by atoms with E-state index >= 15 is 0 Å². The fourth-order valence-corrected chi connectivity index (χ4v) is 2.88. The van der Waals surface area contributed by atoms with Gasteiger partial charge in [0.15, 0.2) is 0 Å². The van der Waals surface area contributed by atoms with Gasteiger partial charge in [0.1, 0.15) is 5.82 Å². The van der Waals surface area contributed by atoms with Gasteiger partial charge in [-0.2, -0.15) is 0 Å². The summed E-state index contributed by atoms with van der Waals surface area (Å²) in [5.74, 6) is 1.86. The third-order valence-corrected chi connectivity index (χ3v) is 3.96. The van der Waals surface area contributed by atoms with Crippen molar-refractivity contribution < 1.29 is 0 Å². The van der Waals surface area contributed by atoms with Crippen LogP contribution in [0.25, 0.3) is 0 Å². The number of aromatic nitrogens is 1. The van der Waals surface area contributed by atoms with E-state index in [0.717, 1.165) is 29.3 Å². The second-order valence-electron chi connectivity index (χ2n) is 4.29. The Kier molecular flexibility index (Phi) is 4.09. The van der Waals surface area contributed by atoms with Crippen molar-refractivity contribution in [2.75, 3.05) is 18.0 Å². The van der Waals surface area contributed by atoms with Gasteiger partial charge in [-0.15, -0.1) is 0 Å². The first-order chi connectivity index (χ1) is 7.70. The summed E-state index contributed by atoms with van der Waals surface area (Å²) < 4.78 is 0.987. The molecule has 0 saturated heterocycles. The molecule has 1 aliphatic rings. The van der Waals surface area contributed by atoms with Crippen molar-refractivity contribution in [1.82, 2.24) is 4.98 Å². The summed E-state index contributed by atoms with van der Waals surface area (Å²) in [6, 6.07) is 1.91. The van der Waals surface area contributed by atoms with Crippen LogP contribution >= 0.6 is 27.5 Å².